The number of rotatable bonds is 2. The van der Waals surface area contributed by atoms with Crippen LogP contribution in [0.5, 0.6) is 0 Å². The molecule has 0 spiro atoms. The molecule has 0 radical (unpaired) electrons. The van der Waals surface area contributed by atoms with Crippen molar-refractivity contribution in [1.82, 2.24) is 10.2 Å². The van der Waals surface area contributed by atoms with Crippen LogP contribution in [0.15, 0.2) is 0 Å². The van der Waals surface area contributed by atoms with Crippen LogP contribution in [0.25, 0.3) is 0 Å². The Morgan fingerprint density at radius 1 is 1.05 bits per heavy atom. The first kappa shape index (κ1) is 15.3. The predicted octanol–water partition coefficient (Wildman–Crippen LogP) is 3.34. The van der Waals surface area contributed by atoms with E-state index < -0.39 is 0 Å². The van der Waals surface area contributed by atoms with Crippen LogP contribution in [-0.4, -0.2) is 36.0 Å². The van der Waals surface area contributed by atoms with Gasteiger partial charge in [-0.2, -0.15) is 0 Å². The van der Waals surface area contributed by atoms with E-state index in [4.69, 9.17) is 0 Å². The molecule has 0 bridgehead atoms. The van der Waals surface area contributed by atoms with E-state index in [0.29, 0.717) is 18.0 Å². The third-order valence-electron chi connectivity index (χ3n) is 6.20. The van der Waals surface area contributed by atoms with Gasteiger partial charge in [0.2, 0.25) is 5.91 Å². The van der Waals surface area contributed by atoms with Crippen LogP contribution in [0.2, 0.25) is 0 Å². The molecule has 3 heteroatoms. The molecule has 21 heavy (non-hydrogen) atoms. The first-order chi connectivity index (χ1) is 10.1. The van der Waals surface area contributed by atoms with E-state index in [-0.39, 0.29) is 11.3 Å². The van der Waals surface area contributed by atoms with Crippen LogP contribution in [0.3, 0.4) is 0 Å². The minimum Gasteiger partial charge on any atom is -0.338 e. The van der Waals surface area contributed by atoms with Crippen LogP contribution >= 0.6 is 0 Å². The number of likely N-dealkylation sites (tertiary alicyclic amines) is 1. The summed E-state index contributed by atoms with van der Waals surface area (Å²) in [6, 6.07) is 1.02. The van der Waals surface area contributed by atoms with Crippen LogP contribution in [0.4, 0.5) is 0 Å². The van der Waals surface area contributed by atoms with Crippen molar-refractivity contribution in [2.24, 2.45) is 11.3 Å². The summed E-state index contributed by atoms with van der Waals surface area (Å²) >= 11 is 0. The van der Waals surface area contributed by atoms with Gasteiger partial charge in [0.25, 0.3) is 0 Å². The Balaban J connectivity index is 1.74. The summed E-state index contributed by atoms with van der Waals surface area (Å²) in [7, 11) is 0. The number of piperidine rings is 1. The summed E-state index contributed by atoms with van der Waals surface area (Å²) in [6.45, 7) is 6.75. The molecule has 3 nitrogen and oxygen atoms in total. The van der Waals surface area contributed by atoms with E-state index >= 15 is 0 Å². The van der Waals surface area contributed by atoms with Crippen molar-refractivity contribution in [1.29, 1.82) is 0 Å². The number of carbonyl (C=O) groups excluding carboxylic acids is 1. The lowest BCUT2D eigenvalue weighted by molar-refractivity contribution is -0.145. The van der Waals surface area contributed by atoms with Crippen LogP contribution in [0.1, 0.15) is 71.6 Å². The number of nitrogens with one attached hydrogen (secondary N) is 1. The fraction of sp³-hybridized carbons (Fsp3) is 0.944. The van der Waals surface area contributed by atoms with Gasteiger partial charge in [-0.15, -0.1) is 0 Å². The lowest BCUT2D eigenvalue weighted by Gasteiger charge is -2.45. The molecule has 1 saturated carbocycles. The van der Waals surface area contributed by atoms with Crippen molar-refractivity contribution in [3.8, 4) is 0 Å². The van der Waals surface area contributed by atoms with Crippen molar-refractivity contribution >= 4 is 5.91 Å². The first-order valence-electron chi connectivity index (χ1n) is 9.13. The second-order valence-electron chi connectivity index (χ2n) is 8.08. The van der Waals surface area contributed by atoms with Gasteiger partial charge in [-0.25, -0.2) is 0 Å². The van der Waals surface area contributed by atoms with E-state index in [1.165, 1.54) is 51.4 Å². The number of carbonyl (C=O) groups is 1. The maximum absolute atomic E-state index is 13.2. The number of hydrogen-bond acceptors (Lipinski definition) is 2. The van der Waals surface area contributed by atoms with Gasteiger partial charge in [-0.1, -0.05) is 26.7 Å². The van der Waals surface area contributed by atoms with Gasteiger partial charge in [-0.05, 0) is 56.9 Å². The summed E-state index contributed by atoms with van der Waals surface area (Å²) in [5.74, 6) is 0.728. The highest BCUT2D eigenvalue weighted by molar-refractivity contribution is 5.80. The van der Waals surface area contributed by atoms with Gasteiger partial charge in [0.05, 0.1) is 0 Å². The summed E-state index contributed by atoms with van der Waals surface area (Å²) < 4.78 is 0. The van der Waals surface area contributed by atoms with Gasteiger partial charge in [-0.3, -0.25) is 4.79 Å². The summed E-state index contributed by atoms with van der Waals surface area (Å²) in [4.78, 5) is 15.5. The zero-order valence-electron chi connectivity index (χ0n) is 13.9. The zero-order chi connectivity index (χ0) is 14.9. The van der Waals surface area contributed by atoms with Crippen LogP contribution < -0.4 is 5.32 Å². The quantitative estimate of drug-likeness (QED) is 0.846. The van der Waals surface area contributed by atoms with Gasteiger partial charge >= 0.3 is 0 Å². The molecule has 3 rings (SSSR count). The molecule has 1 aliphatic carbocycles. The molecule has 0 aromatic carbocycles. The maximum atomic E-state index is 13.2. The molecule has 3 unspecified atom stereocenters. The Hall–Kier alpha value is -0.570. The molecule has 3 aliphatic rings. The van der Waals surface area contributed by atoms with Crippen LogP contribution in [0, 0.1) is 11.3 Å². The van der Waals surface area contributed by atoms with Crippen molar-refractivity contribution in [3.05, 3.63) is 0 Å². The van der Waals surface area contributed by atoms with Gasteiger partial charge < -0.3 is 10.2 Å². The Morgan fingerprint density at radius 2 is 1.86 bits per heavy atom. The average molecular weight is 292 g/mol. The Labute approximate surface area is 129 Å². The highest BCUT2D eigenvalue weighted by Crippen LogP contribution is 2.42. The molecule has 2 saturated heterocycles. The molecule has 2 aliphatic heterocycles. The van der Waals surface area contributed by atoms with E-state index in [1.807, 2.05) is 0 Å². The van der Waals surface area contributed by atoms with Crippen LogP contribution in [-0.2, 0) is 4.79 Å². The number of nitrogens with zero attached hydrogens (tertiary/aromatic N) is 1. The van der Waals surface area contributed by atoms with E-state index in [1.54, 1.807) is 0 Å². The van der Waals surface area contributed by atoms with Gasteiger partial charge in [0.1, 0.15) is 0 Å². The zero-order valence-corrected chi connectivity index (χ0v) is 13.9. The highest BCUT2D eigenvalue weighted by Gasteiger charge is 2.42. The molecule has 0 aromatic rings. The number of hydrogen-bond donors (Lipinski definition) is 1. The lowest BCUT2D eigenvalue weighted by atomic mass is 9.68. The minimum atomic E-state index is 0.195. The Morgan fingerprint density at radius 3 is 2.57 bits per heavy atom. The van der Waals surface area contributed by atoms with Gasteiger partial charge in [0, 0.05) is 24.5 Å². The predicted molar refractivity (Wildman–Crippen MR) is 86.1 cm³/mol. The molecule has 120 valence electrons. The fourth-order valence-electron chi connectivity index (χ4n) is 4.84. The van der Waals surface area contributed by atoms with Crippen molar-refractivity contribution in [2.45, 2.75) is 83.7 Å². The molecular formula is C18H32N2O. The normalized spacial score (nSPS) is 36.7. The standard InChI is InChI=1S/C18H32N2O/c1-18(2)11-5-3-8-14(18)17(21)20-13-6-4-10-16(20)15-9-7-12-19-15/h14-16,19H,3-13H2,1-2H3. The smallest absolute Gasteiger partial charge is 0.226 e. The minimum absolute atomic E-state index is 0.195. The second kappa shape index (κ2) is 6.28. The lowest BCUT2D eigenvalue weighted by Crippen LogP contribution is -2.55. The fourth-order valence-corrected chi connectivity index (χ4v) is 4.84. The van der Waals surface area contributed by atoms with Crippen molar-refractivity contribution in [2.75, 3.05) is 13.1 Å². The van der Waals surface area contributed by atoms with Gasteiger partial charge in [0.15, 0.2) is 0 Å². The third-order valence-corrected chi connectivity index (χ3v) is 6.20. The third kappa shape index (κ3) is 3.13. The SMILES string of the molecule is CC1(C)CCCCC1C(=O)N1CCCCC1C1CCCN1. The molecular weight excluding hydrogens is 260 g/mol. The van der Waals surface area contributed by atoms with E-state index in [0.717, 1.165) is 19.5 Å². The highest BCUT2D eigenvalue weighted by atomic mass is 16.2. The summed E-state index contributed by atoms with van der Waals surface area (Å²) in [5.41, 5.74) is 0.195. The summed E-state index contributed by atoms with van der Waals surface area (Å²) in [6.07, 6.45) is 11.1. The molecule has 1 amide bonds. The maximum Gasteiger partial charge on any atom is 0.226 e. The van der Waals surface area contributed by atoms with Crippen molar-refractivity contribution in [3.63, 3.8) is 0 Å². The first-order valence-corrected chi connectivity index (χ1v) is 9.13. The van der Waals surface area contributed by atoms with Crippen molar-refractivity contribution < 1.29 is 4.79 Å². The topological polar surface area (TPSA) is 32.3 Å². The second-order valence-corrected chi connectivity index (χ2v) is 8.08. The number of amides is 1. The average Bonchev–Trinajstić information content (AvgIpc) is 3.00. The molecule has 1 N–H and O–H groups in total. The molecule has 3 fully saturated rings. The summed E-state index contributed by atoms with van der Waals surface area (Å²) in [5, 5.41) is 3.64. The molecule has 3 atom stereocenters. The largest absolute Gasteiger partial charge is 0.338 e. The molecule has 2 heterocycles. The van der Waals surface area contributed by atoms with E-state index in [2.05, 4.69) is 24.1 Å². The molecule has 0 aromatic heterocycles. The Bertz CT molecular complexity index is 373. The van der Waals surface area contributed by atoms with E-state index in [9.17, 15) is 4.79 Å². The monoisotopic (exact) mass is 292 g/mol. The Kier molecular flexibility index (Phi) is 4.58.